The number of hydrogen-bond donors (Lipinski definition) is 3. The number of benzene rings is 2. The number of hydrogen-bond acceptors (Lipinski definition) is 11. The maximum absolute atomic E-state index is 15.1. The highest BCUT2D eigenvalue weighted by Crippen LogP contribution is 2.46. The molecule has 3 aromatic heterocycles. The molecule has 292 valence electrons. The van der Waals surface area contributed by atoms with Crippen LogP contribution in [0.4, 0.5) is 37.6 Å². The highest BCUT2D eigenvalue weighted by atomic mass is 35.5. The first-order valence-corrected chi connectivity index (χ1v) is 19.3. The molecule has 2 saturated heterocycles. The second-order valence-corrected chi connectivity index (χ2v) is 15.8. The van der Waals surface area contributed by atoms with Crippen molar-refractivity contribution in [2.75, 3.05) is 47.2 Å². The molecular weight excluding hydrogens is 746 g/mol. The van der Waals surface area contributed by atoms with Crippen LogP contribution >= 0.6 is 11.6 Å². The van der Waals surface area contributed by atoms with E-state index < -0.39 is 30.0 Å². The van der Waals surface area contributed by atoms with Gasteiger partial charge in [-0.3, -0.25) is 24.4 Å². The van der Waals surface area contributed by atoms with Gasteiger partial charge in [0, 0.05) is 68.8 Å². The molecule has 3 aliphatic heterocycles. The van der Waals surface area contributed by atoms with Crippen LogP contribution in [-0.2, 0) is 23.7 Å². The van der Waals surface area contributed by atoms with Gasteiger partial charge in [0.1, 0.15) is 5.02 Å². The molecule has 1 saturated carbocycles. The van der Waals surface area contributed by atoms with Crippen LogP contribution in [0.5, 0.6) is 5.75 Å². The fraction of sp³-hybridized carbons (Fsp3) is 0.436. The average molecular weight is 787 g/mol. The molecule has 6 heterocycles. The molecule has 2 amide bonds. The molecule has 3 fully saturated rings. The van der Waals surface area contributed by atoms with Crippen molar-refractivity contribution in [3.05, 3.63) is 63.7 Å². The van der Waals surface area contributed by atoms with Crippen molar-refractivity contribution in [1.29, 1.82) is 0 Å². The number of imide groups is 1. The Bertz CT molecular complexity index is 2480. The van der Waals surface area contributed by atoms with Gasteiger partial charge in [0.25, 0.3) is 5.56 Å². The summed E-state index contributed by atoms with van der Waals surface area (Å²) >= 11 is 6.61. The molecule has 5 aromatic rings. The molecule has 17 heteroatoms. The van der Waals surface area contributed by atoms with Crippen molar-refractivity contribution >= 4 is 74.0 Å². The molecule has 9 rings (SSSR count). The van der Waals surface area contributed by atoms with Crippen molar-refractivity contribution in [2.45, 2.75) is 62.4 Å². The van der Waals surface area contributed by atoms with Crippen molar-refractivity contribution < 1.29 is 23.1 Å². The van der Waals surface area contributed by atoms with E-state index in [0.29, 0.717) is 77.8 Å². The molecule has 2 unspecified atom stereocenters. The normalized spacial score (nSPS) is 21.3. The van der Waals surface area contributed by atoms with Crippen LogP contribution in [0.3, 0.4) is 0 Å². The third-order valence-corrected chi connectivity index (χ3v) is 12.0. The van der Waals surface area contributed by atoms with Gasteiger partial charge in [-0.05, 0) is 74.4 Å². The van der Waals surface area contributed by atoms with Gasteiger partial charge in [-0.15, -0.1) is 0 Å². The number of halogens is 3. The lowest BCUT2D eigenvalue weighted by atomic mass is 9.92. The smallest absolute Gasteiger partial charge is 0.301 e. The van der Waals surface area contributed by atoms with Crippen LogP contribution < -0.4 is 36.0 Å². The van der Waals surface area contributed by atoms with Gasteiger partial charge in [0.05, 0.1) is 40.6 Å². The first-order chi connectivity index (χ1) is 26.9. The van der Waals surface area contributed by atoms with Gasteiger partial charge >= 0.3 is 5.92 Å². The molecule has 14 nitrogen and oxygen atoms in total. The zero-order valence-corrected chi connectivity index (χ0v) is 31.9. The number of nitrogens with zero attached hydrogens (tertiary/aromatic N) is 7. The van der Waals surface area contributed by atoms with E-state index in [1.165, 1.54) is 4.57 Å². The van der Waals surface area contributed by atoms with Gasteiger partial charge in [-0.2, -0.15) is 10.1 Å². The third kappa shape index (κ3) is 6.33. The van der Waals surface area contributed by atoms with Crippen molar-refractivity contribution in [2.24, 2.45) is 20.0 Å². The number of aryl methyl sites for hydroxylation is 2. The number of anilines is 5. The standard InChI is InChI=1S/C39H41ClF2N10O4/c1-49(23-7-8-24-29(17-23)51(3)48-31(24)25-9-11-30(53)45-36(25)54)22-12-14-52(15-13-22)38-43-18-27(40)35(47-38)44-21-6-10-28-26(16-21)32-33(37(55)50(28)2)56-19-39(41,42)34(46-32)20-4-5-20/h6-8,10,16-18,20,22,25,34,46H,4-5,9,11-15,19H2,1-3H3,(H,43,44,47)(H,45,53,54). The molecule has 4 aliphatic rings. The average Bonchev–Trinajstić information content (AvgIpc) is 3.99. The Morgan fingerprint density at radius 2 is 1.79 bits per heavy atom. The monoisotopic (exact) mass is 786 g/mol. The molecule has 3 N–H and O–H groups in total. The quantitative estimate of drug-likeness (QED) is 0.181. The number of piperidine rings is 2. The number of carbonyl (C=O) groups excluding carboxylic acids is 2. The SMILES string of the molecule is CN(c1ccc2c(C3CCC(=O)NC3=O)nn(C)c2c1)C1CCN(c2ncc(Cl)c(Nc3ccc4c(c3)c3c(c(=O)n4C)OCC(F)(F)C(C4CC4)N3)n2)CC1. The second kappa shape index (κ2) is 13.6. The van der Waals surface area contributed by atoms with Gasteiger partial charge in [-0.1, -0.05) is 11.6 Å². The summed E-state index contributed by atoms with van der Waals surface area (Å²) in [5.74, 6) is -3.54. The molecular formula is C39H41ClF2N10O4. The summed E-state index contributed by atoms with van der Waals surface area (Å²) in [6, 6.07) is 10.6. The van der Waals surface area contributed by atoms with E-state index in [4.69, 9.17) is 21.3 Å². The van der Waals surface area contributed by atoms with E-state index in [2.05, 4.69) is 55.0 Å². The molecule has 0 radical (unpaired) electrons. The first-order valence-electron chi connectivity index (χ1n) is 18.9. The number of amides is 2. The fourth-order valence-electron chi connectivity index (χ4n) is 8.39. The summed E-state index contributed by atoms with van der Waals surface area (Å²) in [5, 5.41) is 15.2. The van der Waals surface area contributed by atoms with Crippen LogP contribution in [0.25, 0.3) is 21.8 Å². The molecule has 56 heavy (non-hydrogen) atoms. The van der Waals surface area contributed by atoms with Crippen LogP contribution in [0, 0.1) is 5.92 Å². The lowest BCUT2D eigenvalue weighted by molar-refractivity contribution is -0.134. The van der Waals surface area contributed by atoms with Crippen molar-refractivity contribution in [1.82, 2.24) is 29.6 Å². The maximum atomic E-state index is 15.1. The van der Waals surface area contributed by atoms with E-state index in [-0.39, 0.29) is 35.2 Å². The molecule has 2 atom stereocenters. The van der Waals surface area contributed by atoms with Crippen LogP contribution in [-0.4, -0.2) is 80.9 Å². The highest BCUT2D eigenvalue weighted by molar-refractivity contribution is 6.33. The summed E-state index contributed by atoms with van der Waals surface area (Å²) in [5.41, 5.74) is 3.58. The minimum atomic E-state index is -3.14. The van der Waals surface area contributed by atoms with E-state index >= 15 is 8.78 Å². The Morgan fingerprint density at radius 3 is 2.54 bits per heavy atom. The highest BCUT2D eigenvalue weighted by Gasteiger charge is 2.51. The Balaban J connectivity index is 0.910. The van der Waals surface area contributed by atoms with Gasteiger partial charge < -0.3 is 29.7 Å². The molecule has 1 aliphatic carbocycles. The van der Waals surface area contributed by atoms with E-state index in [1.54, 1.807) is 36.1 Å². The summed E-state index contributed by atoms with van der Waals surface area (Å²) in [4.78, 5) is 51.3. The van der Waals surface area contributed by atoms with Crippen LogP contribution in [0.15, 0.2) is 47.4 Å². The summed E-state index contributed by atoms with van der Waals surface area (Å²) < 4.78 is 39.0. The molecule has 0 bridgehead atoms. The van der Waals surface area contributed by atoms with E-state index in [9.17, 15) is 14.4 Å². The van der Waals surface area contributed by atoms with E-state index in [0.717, 1.165) is 29.4 Å². The topological polar surface area (TPSA) is 152 Å². The lowest BCUT2D eigenvalue weighted by Gasteiger charge is -2.38. The summed E-state index contributed by atoms with van der Waals surface area (Å²) in [6.45, 7) is 0.548. The number of alkyl halides is 2. The van der Waals surface area contributed by atoms with Gasteiger partial charge in [0.2, 0.25) is 23.5 Å². The predicted octanol–water partition coefficient (Wildman–Crippen LogP) is 5.46. The number of aromatic nitrogens is 5. The zero-order chi connectivity index (χ0) is 39.0. The fourth-order valence-corrected chi connectivity index (χ4v) is 8.53. The Labute approximate surface area is 325 Å². The number of pyridine rings is 1. The Morgan fingerprint density at radius 1 is 1.00 bits per heavy atom. The van der Waals surface area contributed by atoms with Gasteiger partial charge in [-0.25, -0.2) is 13.8 Å². The third-order valence-electron chi connectivity index (χ3n) is 11.7. The van der Waals surface area contributed by atoms with E-state index in [1.807, 2.05) is 13.1 Å². The molecule has 2 aromatic carbocycles. The van der Waals surface area contributed by atoms with Crippen molar-refractivity contribution in [3.63, 3.8) is 0 Å². The van der Waals surface area contributed by atoms with Gasteiger partial charge in [0.15, 0.2) is 12.4 Å². The second-order valence-electron chi connectivity index (χ2n) is 15.3. The first kappa shape index (κ1) is 36.1. The lowest BCUT2D eigenvalue weighted by Crippen LogP contribution is -2.44. The predicted molar refractivity (Wildman–Crippen MR) is 210 cm³/mol. The minimum Gasteiger partial charge on any atom is -0.480 e. The van der Waals surface area contributed by atoms with Crippen LogP contribution in [0.2, 0.25) is 5.02 Å². The largest absolute Gasteiger partial charge is 0.480 e. The number of fused-ring (bicyclic) bond motifs is 4. The summed E-state index contributed by atoms with van der Waals surface area (Å²) in [6.07, 6.45) is 5.39. The summed E-state index contributed by atoms with van der Waals surface area (Å²) in [7, 11) is 5.55. The number of nitrogens with one attached hydrogen (secondary N) is 3. The maximum Gasteiger partial charge on any atom is 0.301 e. The molecule has 0 spiro atoms. The Hall–Kier alpha value is -5.51. The number of carbonyl (C=O) groups is 2. The number of rotatable bonds is 7. The minimum absolute atomic E-state index is 0.118. The Kier molecular flexibility index (Phi) is 8.78. The van der Waals surface area contributed by atoms with Crippen LogP contribution in [0.1, 0.15) is 50.1 Å². The number of ether oxygens (including phenoxy) is 1. The van der Waals surface area contributed by atoms with Crippen molar-refractivity contribution in [3.8, 4) is 5.75 Å². The zero-order valence-electron chi connectivity index (χ0n) is 31.1.